The number of fused-ring (bicyclic) bond motifs is 1. The zero-order valence-corrected chi connectivity index (χ0v) is 14.0. The van der Waals surface area contributed by atoms with E-state index in [2.05, 4.69) is 52.0 Å². The zero-order valence-electron chi connectivity index (χ0n) is 14.0. The summed E-state index contributed by atoms with van der Waals surface area (Å²) in [6.45, 7) is 1.35. The number of imidazole rings is 1. The Bertz CT molecular complexity index is 1000. The van der Waals surface area contributed by atoms with E-state index in [1.165, 1.54) is 5.56 Å². The van der Waals surface area contributed by atoms with Crippen molar-refractivity contribution in [2.45, 2.75) is 19.5 Å². The minimum atomic E-state index is 0.561. The Morgan fingerprint density at radius 3 is 2.72 bits per heavy atom. The van der Waals surface area contributed by atoms with E-state index in [1.54, 1.807) is 0 Å². The van der Waals surface area contributed by atoms with E-state index in [-0.39, 0.29) is 0 Å². The predicted octanol–water partition coefficient (Wildman–Crippen LogP) is 3.53. The number of hydrogen-bond donors (Lipinski definition) is 1. The SMILES string of the molecule is NCc1cccc(Cn2ccnc2Cc2ccc3ccccc3n2)c1. The lowest BCUT2D eigenvalue weighted by atomic mass is 10.1. The van der Waals surface area contributed by atoms with E-state index in [0.717, 1.165) is 34.5 Å². The maximum Gasteiger partial charge on any atom is 0.114 e. The number of para-hydroxylation sites is 1. The van der Waals surface area contributed by atoms with Crippen LogP contribution < -0.4 is 5.73 Å². The molecule has 124 valence electrons. The molecular weight excluding hydrogens is 308 g/mol. The molecule has 4 rings (SSSR count). The molecule has 0 saturated heterocycles. The molecular formula is C21H20N4. The average molecular weight is 328 g/mol. The van der Waals surface area contributed by atoms with E-state index in [9.17, 15) is 0 Å². The molecule has 0 unspecified atom stereocenters. The molecule has 0 amide bonds. The van der Waals surface area contributed by atoms with E-state index in [4.69, 9.17) is 10.7 Å². The second-order valence-corrected chi connectivity index (χ2v) is 6.17. The van der Waals surface area contributed by atoms with Crippen LogP contribution in [0.2, 0.25) is 0 Å². The van der Waals surface area contributed by atoms with Gasteiger partial charge in [-0.3, -0.25) is 4.98 Å². The highest BCUT2D eigenvalue weighted by molar-refractivity contribution is 5.78. The van der Waals surface area contributed by atoms with E-state index >= 15 is 0 Å². The van der Waals surface area contributed by atoms with Crippen molar-refractivity contribution in [3.05, 3.63) is 95.7 Å². The highest BCUT2D eigenvalue weighted by Crippen LogP contribution is 2.15. The maximum atomic E-state index is 5.74. The lowest BCUT2D eigenvalue weighted by Crippen LogP contribution is -2.07. The highest BCUT2D eigenvalue weighted by Gasteiger charge is 2.07. The van der Waals surface area contributed by atoms with Crippen molar-refractivity contribution >= 4 is 10.9 Å². The summed E-state index contributed by atoms with van der Waals surface area (Å²) in [7, 11) is 0. The smallest absolute Gasteiger partial charge is 0.114 e. The molecule has 0 radical (unpaired) electrons. The first-order valence-electron chi connectivity index (χ1n) is 8.44. The van der Waals surface area contributed by atoms with E-state index < -0.39 is 0 Å². The molecule has 0 aliphatic rings. The summed E-state index contributed by atoms with van der Waals surface area (Å²) in [6.07, 6.45) is 4.59. The Hall–Kier alpha value is -2.98. The van der Waals surface area contributed by atoms with E-state index in [1.807, 2.05) is 30.6 Å². The number of aromatic nitrogens is 3. The van der Waals surface area contributed by atoms with Crippen molar-refractivity contribution in [2.24, 2.45) is 5.73 Å². The van der Waals surface area contributed by atoms with Crippen LogP contribution in [0.25, 0.3) is 10.9 Å². The molecule has 4 nitrogen and oxygen atoms in total. The Kier molecular flexibility index (Phi) is 4.27. The van der Waals surface area contributed by atoms with Gasteiger partial charge in [0, 0.05) is 43.0 Å². The van der Waals surface area contributed by atoms with Crippen molar-refractivity contribution in [3.8, 4) is 0 Å². The van der Waals surface area contributed by atoms with Crippen molar-refractivity contribution in [1.29, 1.82) is 0 Å². The van der Waals surface area contributed by atoms with Crippen LogP contribution in [-0.2, 0) is 19.5 Å². The predicted molar refractivity (Wildman–Crippen MR) is 100 cm³/mol. The first kappa shape index (κ1) is 15.5. The van der Waals surface area contributed by atoms with Gasteiger partial charge < -0.3 is 10.3 Å². The molecule has 0 fully saturated rings. The summed E-state index contributed by atoms with van der Waals surface area (Å²) in [6, 6.07) is 20.8. The fourth-order valence-electron chi connectivity index (χ4n) is 3.07. The van der Waals surface area contributed by atoms with Crippen molar-refractivity contribution in [3.63, 3.8) is 0 Å². The largest absolute Gasteiger partial charge is 0.330 e. The Labute approximate surface area is 147 Å². The number of nitrogens with two attached hydrogens (primary N) is 1. The summed E-state index contributed by atoms with van der Waals surface area (Å²) >= 11 is 0. The molecule has 0 saturated carbocycles. The molecule has 4 aromatic rings. The first-order valence-corrected chi connectivity index (χ1v) is 8.44. The molecule has 2 aromatic carbocycles. The molecule has 4 heteroatoms. The van der Waals surface area contributed by atoms with Crippen LogP contribution in [0.3, 0.4) is 0 Å². The quantitative estimate of drug-likeness (QED) is 0.610. The lowest BCUT2D eigenvalue weighted by Gasteiger charge is -2.09. The molecule has 2 heterocycles. The fraction of sp³-hybridized carbons (Fsp3) is 0.143. The number of rotatable bonds is 5. The third-order valence-corrected chi connectivity index (χ3v) is 4.38. The summed E-state index contributed by atoms with van der Waals surface area (Å²) in [5.74, 6) is 1.01. The number of nitrogens with zero attached hydrogens (tertiary/aromatic N) is 3. The summed E-state index contributed by atoms with van der Waals surface area (Å²) in [4.78, 5) is 9.28. The van der Waals surface area contributed by atoms with Crippen LogP contribution in [0.15, 0.2) is 73.1 Å². The van der Waals surface area contributed by atoms with Crippen LogP contribution in [-0.4, -0.2) is 14.5 Å². The molecule has 0 aliphatic carbocycles. The van der Waals surface area contributed by atoms with Gasteiger partial charge in [-0.05, 0) is 23.3 Å². The molecule has 0 aliphatic heterocycles. The molecule has 0 atom stereocenters. The van der Waals surface area contributed by atoms with Crippen LogP contribution in [0.1, 0.15) is 22.6 Å². The van der Waals surface area contributed by atoms with Crippen molar-refractivity contribution in [2.75, 3.05) is 0 Å². The Balaban J connectivity index is 1.58. The third kappa shape index (κ3) is 3.44. The Morgan fingerprint density at radius 1 is 0.920 bits per heavy atom. The van der Waals surface area contributed by atoms with Crippen molar-refractivity contribution < 1.29 is 0 Å². The fourth-order valence-corrected chi connectivity index (χ4v) is 3.07. The van der Waals surface area contributed by atoms with Gasteiger partial charge in [-0.2, -0.15) is 0 Å². The standard InChI is InChI=1S/C21H20N4/c22-14-16-4-3-5-17(12-16)15-25-11-10-23-21(25)13-19-9-8-18-6-1-2-7-20(18)24-19/h1-12H,13-15,22H2. The van der Waals surface area contributed by atoms with Gasteiger partial charge in [-0.25, -0.2) is 4.98 Å². The number of pyridine rings is 1. The second-order valence-electron chi connectivity index (χ2n) is 6.17. The van der Waals surface area contributed by atoms with Gasteiger partial charge in [0.05, 0.1) is 5.52 Å². The van der Waals surface area contributed by atoms with E-state index in [0.29, 0.717) is 13.0 Å². The van der Waals surface area contributed by atoms with Gasteiger partial charge in [-0.1, -0.05) is 48.5 Å². The summed E-state index contributed by atoms with van der Waals surface area (Å²) < 4.78 is 2.17. The molecule has 25 heavy (non-hydrogen) atoms. The minimum Gasteiger partial charge on any atom is -0.330 e. The molecule has 0 bridgehead atoms. The lowest BCUT2D eigenvalue weighted by molar-refractivity contribution is 0.735. The van der Waals surface area contributed by atoms with Gasteiger partial charge in [0.2, 0.25) is 0 Å². The third-order valence-electron chi connectivity index (χ3n) is 4.38. The van der Waals surface area contributed by atoms with Gasteiger partial charge in [0.15, 0.2) is 0 Å². The number of benzene rings is 2. The minimum absolute atomic E-state index is 0.561. The second kappa shape index (κ2) is 6.87. The monoisotopic (exact) mass is 328 g/mol. The van der Waals surface area contributed by atoms with Crippen molar-refractivity contribution in [1.82, 2.24) is 14.5 Å². The first-order chi connectivity index (χ1) is 12.3. The van der Waals surface area contributed by atoms with Crippen LogP contribution in [0.5, 0.6) is 0 Å². The average Bonchev–Trinajstić information content (AvgIpc) is 3.08. The summed E-state index contributed by atoms with van der Waals surface area (Å²) in [5, 5.41) is 1.16. The van der Waals surface area contributed by atoms with Gasteiger partial charge in [-0.15, -0.1) is 0 Å². The summed E-state index contributed by atoms with van der Waals surface area (Å²) in [5.41, 5.74) is 10.2. The molecule has 2 N–H and O–H groups in total. The highest BCUT2D eigenvalue weighted by atomic mass is 15.1. The number of hydrogen-bond acceptors (Lipinski definition) is 3. The zero-order chi connectivity index (χ0) is 17.1. The van der Waals surface area contributed by atoms with Crippen LogP contribution >= 0.6 is 0 Å². The van der Waals surface area contributed by atoms with Gasteiger partial charge >= 0.3 is 0 Å². The van der Waals surface area contributed by atoms with Crippen LogP contribution in [0.4, 0.5) is 0 Å². The normalized spacial score (nSPS) is 11.1. The molecule has 0 spiro atoms. The van der Waals surface area contributed by atoms with Crippen LogP contribution in [0, 0.1) is 0 Å². The molecule has 2 aromatic heterocycles. The van der Waals surface area contributed by atoms with Gasteiger partial charge in [0.25, 0.3) is 0 Å². The topological polar surface area (TPSA) is 56.7 Å². The Morgan fingerprint density at radius 2 is 1.80 bits per heavy atom. The maximum absolute atomic E-state index is 5.74. The van der Waals surface area contributed by atoms with Gasteiger partial charge in [0.1, 0.15) is 5.82 Å².